The quantitative estimate of drug-likeness (QED) is 0.785. The van der Waals surface area contributed by atoms with E-state index in [0.29, 0.717) is 12.8 Å². The van der Waals surface area contributed by atoms with Gasteiger partial charge in [0.05, 0.1) is 5.69 Å². The summed E-state index contributed by atoms with van der Waals surface area (Å²) < 4.78 is 0.970. The first-order chi connectivity index (χ1) is 8.63. The van der Waals surface area contributed by atoms with E-state index >= 15 is 0 Å². The number of benzene rings is 1. The van der Waals surface area contributed by atoms with Crippen molar-refractivity contribution in [3.63, 3.8) is 0 Å². The molecule has 0 saturated carbocycles. The van der Waals surface area contributed by atoms with Gasteiger partial charge in [0.25, 0.3) is 0 Å². The fraction of sp³-hybridized carbons (Fsp3) is 0.429. The van der Waals surface area contributed by atoms with Crippen molar-refractivity contribution in [2.24, 2.45) is 0 Å². The van der Waals surface area contributed by atoms with Crippen molar-refractivity contribution in [2.45, 2.75) is 39.0 Å². The molecule has 0 unspecified atom stereocenters. The Morgan fingerprint density at radius 3 is 2.33 bits per heavy atom. The van der Waals surface area contributed by atoms with Gasteiger partial charge in [-0.15, -0.1) is 0 Å². The summed E-state index contributed by atoms with van der Waals surface area (Å²) >= 11 is 3.42. The lowest BCUT2D eigenvalue weighted by Gasteiger charge is -2.21. The maximum absolute atomic E-state index is 12.1. The molecule has 1 aliphatic rings. The van der Waals surface area contributed by atoms with Crippen LogP contribution < -0.4 is 4.90 Å². The van der Waals surface area contributed by atoms with E-state index in [0.717, 1.165) is 35.0 Å². The molecule has 0 aromatic heterocycles. The van der Waals surface area contributed by atoms with Crippen molar-refractivity contribution in [2.75, 3.05) is 4.90 Å². The Morgan fingerprint density at radius 1 is 1.17 bits per heavy atom. The molecule has 1 aromatic carbocycles. The van der Waals surface area contributed by atoms with Crippen LogP contribution in [0, 0.1) is 0 Å². The van der Waals surface area contributed by atoms with Gasteiger partial charge >= 0.3 is 0 Å². The van der Waals surface area contributed by atoms with E-state index in [2.05, 4.69) is 15.9 Å². The molecule has 2 amide bonds. The number of amides is 2. The number of aryl methyl sites for hydroxylation is 1. The SMILES string of the molecule is CCc1cc(Br)ccc1N1C(=O)CCCCC1=O. The lowest BCUT2D eigenvalue weighted by Crippen LogP contribution is -2.35. The molecule has 4 heteroatoms. The Labute approximate surface area is 115 Å². The number of carbonyl (C=O) groups excluding carboxylic acids is 2. The van der Waals surface area contributed by atoms with Gasteiger partial charge in [-0.25, -0.2) is 0 Å². The summed E-state index contributed by atoms with van der Waals surface area (Å²) in [6.45, 7) is 2.03. The van der Waals surface area contributed by atoms with Gasteiger partial charge in [0.15, 0.2) is 0 Å². The average molecular weight is 310 g/mol. The molecular formula is C14H16BrNO2. The average Bonchev–Trinajstić information content (AvgIpc) is 2.51. The molecule has 3 nitrogen and oxygen atoms in total. The smallest absolute Gasteiger partial charge is 0.233 e. The van der Waals surface area contributed by atoms with Gasteiger partial charge in [-0.3, -0.25) is 14.5 Å². The molecule has 1 fully saturated rings. The third-order valence-corrected chi connectivity index (χ3v) is 3.69. The second kappa shape index (κ2) is 5.65. The van der Waals surface area contributed by atoms with Gasteiger partial charge in [-0.05, 0) is 43.0 Å². The number of rotatable bonds is 2. The zero-order chi connectivity index (χ0) is 13.1. The fourth-order valence-corrected chi connectivity index (χ4v) is 2.65. The van der Waals surface area contributed by atoms with Crippen LogP contribution in [0.15, 0.2) is 22.7 Å². The predicted octanol–water partition coefficient (Wildman–Crippen LogP) is 3.45. The second-order valence-corrected chi connectivity index (χ2v) is 5.37. The van der Waals surface area contributed by atoms with E-state index in [1.807, 2.05) is 25.1 Å². The van der Waals surface area contributed by atoms with Crippen molar-refractivity contribution in [1.29, 1.82) is 0 Å². The van der Waals surface area contributed by atoms with Crippen molar-refractivity contribution >= 4 is 33.4 Å². The zero-order valence-electron chi connectivity index (χ0n) is 10.4. The van der Waals surface area contributed by atoms with Crippen LogP contribution in [0.2, 0.25) is 0 Å². The van der Waals surface area contributed by atoms with Crippen LogP contribution in [0.25, 0.3) is 0 Å². The van der Waals surface area contributed by atoms with E-state index in [-0.39, 0.29) is 11.8 Å². The molecule has 1 heterocycles. The minimum Gasteiger partial charge on any atom is -0.274 e. The molecule has 96 valence electrons. The van der Waals surface area contributed by atoms with Crippen LogP contribution in [-0.2, 0) is 16.0 Å². The molecule has 1 saturated heterocycles. The maximum atomic E-state index is 12.1. The van der Waals surface area contributed by atoms with Crippen LogP contribution in [0.1, 0.15) is 38.2 Å². The predicted molar refractivity (Wildman–Crippen MR) is 74.5 cm³/mol. The van der Waals surface area contributed by atoms with Crippen LogP contribution >= 0.6 is 15.9 Å². The molecule has 0 radical (unpaired) electrons. The number of halogens is 1. The first kappa shape index (κ1) is 13.3. The Hall–Kier alpha value is -1.16. The number of hydrogen-bond acceptors (Lipinski definition) is 2. The highest BCUT2D eigenvalue weighted by Crippen LogP contribution is 2.28. The summed E-state index contributed by atoms with van der Waals surface area (Å²) in [5, 5.41) is 0. The molecule has 0 N–H and O–H groups in total. The third kappa shape index (κ3) is 2.64. The minimum atomic E-state index is -0.0745. The topological polar surface area (TPSA) is 37.4 Å². The minimum absolute atomic E-state index is 0.0745. The summed E-state index contributed by atoms with van der Waals surface area (Å²) in [5.41, 5.74) is 1.77. The van der Waals surface area contributed by atoms with Gasteiger partial charge in [-0.2, -0.15) is 0 Å². The largest absolute Gasteiger partial charge is 0.274 e. The molecule has 18 heavy (non-hydrogen) atoms. The van der Waals surface area contributed by atoms with Gasteiger partial charge < -0.3 is 0 Å². The maximum Gasteiger partial charge on any atom is 0.233 e. The van der Waals surface area contributed by atoms with Crippen molar-refractivity contribution in [3.8, 4) is 0 Å². The zero-order valence-corrected chi connectivity index (χ0v) is 12.0. The Balaban J connectivity index is 2.44. The number of nitrogens with zero attached hydrogens (tertiary/aromatic N) is 1. The molecule has 0 atom stereocenters. The van der Waals surface area contributed by atoms with Gasteiger partial charge in [-0.1, -0.05) is 22.9 Å². The van der Waals surface area contributed by atoms with Crippen LogP contribution in [0.5, 0.6) is 0 Å². The van der Waals surface area contributed by atoms with Gasteiger partial charge in [0, 0.05) is 17.3 Å². The fourth-order valence-electron chi connectivity index (χ4n) is 2.24. The lowest BCUT2D eigenvalue weighted by molar-refractivity contribution is -0.125. The van der Waals surface area contributed by atoms with E-state index in [1.165, 1.54) is 4.90 Å². The second-order valence-electron chi connectivity index (χ2n) is 4.46. The first-order valence-electron chi connectivity index (χ1n) is 6.27. The van der Waals surface area contributed by atoms with E-state index < -0.39 is 0 Å². The molecule has 1 aromatic rings. The Kier molecular flexibility index (Phi) is 4.17. The van der Waals surface area contributed by atoms with Gasteiger partial charge in [0.2, 0.25) is 11.8 Å². The summed E-state index contributed by atoms with van der Waals surface area (Å²) in [7, 11) is 0. The highest BCUT2D eigenvalue weighted by molar-refractivity contribution is 9.10. The highest BCUT2D eigenvalue weighted by atomic mass is 79.9. The van der Waals surface area contributed by atoms with Crippen LogP contribution in [0.3, 0.4) is 0 Å². The number of imide groups is 1. The van der Waals surface area contributed by atoms with E-state index in [1.54, 1.807) is 0 Å². The number of carbonyl (C=O) groups is 2. The Bertz CT molecular complexity index is 467. The van der Waals surface area contributed by atoms with Crippen molar-refractivity contribution in [1.82, 2.24) is 0 Å². The van der Waals surface area contributed by atoms with E-state index in [9.17, 15) is 9.59 Å². The summed E-state index contributed by atoms with van der Waals surface area (Å²) in [6.07, 6.45) is 3.33. The molecule has 2 rings (SSSR count). The highest BCUT2D eigenvalue weighted by Gasteiger charge is 2.26. The molecule has 0 aliphatic carbocycles. The molecule has 0 bridgehead atoms. The van der Waals surface area contributed by atoms with Crippen LogP contribution in [0.4, 0.5) is 5.69 Å². The first-order valence-corrected chi connectivity index (χ1v) is 7.07. The summed E-state index contributed by atoms with van der Waals surface area (Å²) in [6, 6.07) is 5.70. The molecule has 0 spiro atoms. The van der Waals surface area contributed by atoms with E-state index in [4.69, 9.17) is 0 Å². The van der Waals surface area contributed by atoms with Crippen molar-refractivity contribution < 1.29 is 9.59 Å². The molecular weight excluding hydrogens is 294 g/mol. The number of anilines is 1. The Morgan fingerprint density at radius 2 is 1.78 bits per heavy atom. The van der Waals surface area contributed by atoms with Crippen molar-refractivity contribution in [3.05, 3.63) is 28.2 Å². The lowest BCUT2D eigenvalue weighted by atomic mass is 10.1. The standard InChI is InChI=1S/C14H16BrNO2/c1-2-10-9-11(15)7-8-12(10)16-13(17)5-3-4-6-14(16)18/h7-9H,2-6H2,1H3. The molecule has 1 aliphatic heterocycles. The summed E-state index contributed by atoms with van der Waals surface area (Å²) in [5.74, 6) is -0.149. The number of hydrogen-bond donors (Lipinski definition) is 0. The summed E-state index contributed by atoms with van der Waals surface area (Å²) in [4.78, 5) is 25.5. The van der Waals surface area contributed by atoms with Crippen LogP contribution in [-0.4, -0.2) is 11.8 Å². The normalized spacial score (nSPS) is 16.9. The monoisotopic (exact) mass is 309 g/mol. The third-order valence-electron chi connectivity index (χ3n) is 3.19. The van der Waals surface area contributed by atoms with Gasteiger partial charge in [0.1, 0.15) is 0 Å².